The predicted octanol–water partition coefficient (Wildman–Crippen LogP) is 1.19. The van der Waals surface area contributed by atoms with Gasteiger partial charge in [0.25, 0.3) is 0 Å². The maximum absolute atomic E-state index is 13.4. The van der Waals surface area contributed by atoms with E-state index in [1.54, 1.807) is 0 Å². The van der Waals surface area contributed by atoms with E-state index in [1.807, 2.05) is 0 Å². The van der Waals surface area contributed by atoms with Crippen molar-refractivity contribution in [3.8, 4) is 0 Å². The van der Waals surface area contributed by atoms with Crippen molar-refractivity contribution in [2.24, 2.45) is 0 Å². The van der Waals surface area contributed by atoms with Crippen molar-refractivity contribution in [1.29, 1.82) is 0 Å². The summed E-state index contributed by atoms with van der Waals surface area (Å²) in [6.45, 7) is -0.103. The Morgan fingerprint density at radius 1 is 1.11 bits per heavy atom. The number of hydrogen-bond acceptors (Lipinski definition) is 4. The molecule has 1 unspecified atom stereocenters. The minimum Gasteiger partial charge on any atom is -0.465 e. The highest BCUT2D eigenvalue weighted by molar-refractivity contribution is 7.92. The number of hydrogen-bond donors (Lipinski definition) is 0. The molecule has 8 heteroatoms. The lowest BCUT2D eigenvalue weighted by Crippen LogP contribution is -2.27. The van der Waals surface area contributed by atoms with E-state index in [-0.39, 0.29) is 25.2 Å². The summed E-state index contributed by atoms with van der Waals surface area (Å²) in [5, 5.41) is -1.57. The summed E-state index contributed by atoms with van der Waals surface area (Å²) >= 11 is 0. The summed E-state index contributed by atoms with van der Waals surface area (Å²) in [5.74, 6) is -5.45. The molecule has 98 valence electrons. The molecule has 0 aliphatic carbocycles. The zero-order chi connectivity index (χ0) is 13.5. The number of cyclic esters (lactones) is 1. The lowest BCUT2D eigenvalue weighted by Gasteiger charge is -2.09. The third-order valence-electron chi connectivity index (χ3n) is 2.54. The Kier molecular flexibility index (Phi) is 3.05. The molecule has 0 N–H and O–H groups in total. The van der Waals surface area contributed by atoms with Crippen molar-refractivity contribution in [3.05, 3.63) is 29.6 Å². The molecule has 1 aliphatic heterocycles. The van der Waals surface area contributed by atoms with Gasteiger partial charge < -0.3 is 4.74 Å². The van der Waals surface area contributed by atoms with E-state index in [0.29, 0.717) is 0 Å². The molecule has 1 saturated heterocycles. The largest absolute Gasteiger partial charge is 0.465 e. The molecule has 18 heavy (non-hydrogen) atoms. The predicted molar refractivity (Wildman–Crippen MR) is 52.9 cm³/mol. The normalized spacial score (nSPS) is 19.9. The molecule has 1 atom stereocenters. The van der Waals surface area contributed by atoms with Gasteiger partial charge in [0.2, 0.25) is 0 Å². The van der Waals surface area contributed by atoms with Gasteiger partial charge in [-0.25, -0.2) is 21.6 Å². The minimum absolute atomic E-state index is 0.103. The van der Waals surface area contributed by atoms with Gasteiger partial charge in [0.05, 0.1) is 6.61 Å². The van der Waals surface area contributed by atoms with Crippen LogP contribution in [0, 0.1) is 17.5 Å². The molecule has 1 aromatic carbocycles. The fourth-order valence-corrected chi connectivity index (χ4v) is 3.27. The highest BCUT2D eigenvalue weighted by atomic mass is 32.2. The van der Waals surface area contributed by atoms with Gasteiger partial charge in [0.1, 0.15) is 10.7 Å². The van der Waals surface area contributed by atoms with Crippen molar-refractivity contribution in [2.45, 2.75) is 16.6 Å². The molecule has 0 saturated carbocycles. The van der Waals surface area contributed by atoms with Gasteiger partial charge in [-0.15, -0.1) is 0 Å². The quantitative estimate of drug-likeness (QED) is 0.464. The van der Waals surface area contributed by atoms with Crippen molar-refractivity contribution in [1.82, 2.24) is 0 Å². The molecule has 0 radical (unpaired) electrons. The maximum Gasteiger partial charge on any atom is 0.324 e. The van der Waals surface area contributed by atoms with E-state index in [9.17, 15) is 26.4 Å². The Bertz CT molecular complexity index is 612. The second kappa shape index (κ2) is 4.27. The van der Waals surface area contributed by atoms with Crippen LogP contribution in [0.3, 0.4) is 0 Å². The van der Waals surface area contributed by atoms with Crippen LogP contribution in [0.2, 0.25) is 0 Å². The molecule has 1 heterocycles. The van der Waals surface area contributed by atoms with Gasteiger partial charge >= 0.3 is 5.97 Å². The zero-order valence-electron chi connectivity index (χ0n) is 8.82. The average Bonchev–Trinajstić information content (AvgIpc) is 2.70. The highest BCUT2D eigenvalue weighted by Gasteiger charge is 2.41. The summed E-state index contributed by atoms with van der Waals surface area (Å²) < 4.78 is 67.3. The number of halogens is 3. The van der Waals surface area contributed by atoms with Crippen molar-refractivity contribution in [2.75, 3.05) is 6.61 Å². The summed E-state index contributed by atoms with van der Waals surface area (Å²) in [6.07, 6.45) is -0.139. The molecule has 0 amide bonds. The number of carbonyl (C=O) groups is 1. The van der Waals surface area contributed by atoms with E-state index < -0.39 is 43.4 Å². The van der Waals surface area contributed by atoms with Gasteiger partial charge in [-0.05, 0) is 6.07 Å². The van der Waals surface area contributed by atoms with Crippen LogP contribution >= 0.6 is 0 Å². The number of sulfone groups is 1. The molecule has 0 spiro atoms. The maximum atomic E-state index is 13.4. The smallest absolute Gasteiger partial charge is 0.324 e. The number of carbonyl (C=O) groups excluding carboxylic acids is 1. The van der Waals surface area contributed by atoms with Crippen molar-refractivity contribution >= 4 is 15.8 Å². The molecule has 0 aromatic heterocycles. The lowest BCUT2D eigenvalue weighted by atomic mass is 10.3. The topological polar surface area (TPSA) is 60.4 Å². The summed E-state index contributed by atoms with van der Waals surface area (Å²) in [7, 11) is -4.41. The van der Waals surface area contributed by atoms with Gasteiger partial charge in [0, 0.05) is 12.5 Å². The first-order chi connectivity index (χ1) is 8.34. The average molecular weight is 280 g/mol. The first-order valence-corrected chi connectivity index (χ1v) is 6.43. The molecular weight excluding hydrogens is 273 g/mol. The van der Waals surface area contributed by atoms with Crippen LogP contribution in [0.15, 0.2) is 17.0 Å². The number of ether oxygens (including phenoxy) is 1. The van der Waals surface area contributed by atoms with E-state index in [4.69, 9.17) is 0 Å². The van der Waals surface area contributed by atoms with E-state index in [2.05, 4.69) is 4.74 Å². The first kappa shape index (κ1) is 12.9. The van der Waals surface area contributed by atoms with Crippen LogP contribution in [0.4, 0.5) is 13.2 Å². The molecule has 1 aliphatic rings. The summed E-state index contributed by atoms with van der Waals surface area (Å²) in [6, 6.07) is 0.355. The lowest BCUT2D eigenvalue weighted by molar-refractivity contribution is -0.137. The number of benzene rings is 1. The van der Waals surface area contributed by atoms with Crippen LogP contribution < -0.4 is 0 Å². The van der Waals surface area contributed by atoms with Crippen molar-refractivity contribution in [3.63, 3.8) is 0 Å². The Morgan fingerprint density at radius 3 is 2.28 bits per heavy atom. The molecule has 2 rings (SSSR count). The van der Waals surface area contributed by atoms with Crippen molar-refractivity contribution < 1.29 is 31.1 Å². The van der Waals surface area contributed by atoms with Crippen LogP contribution in [0.1, 0.15) is 6.42 Å². The number of esters is 1. The molecule has 1 fully saturated rings. The first-order valence-electron chi connectivity index (χ1n) is 4.89. The molecular formula is C10H7F3O4S. The second-order valence-electron chi connectivity index (χ2n) is 3.69. The standard InChI is InChI=1S/C10H7F3O4S/c11-5-3-7(13)9(4-6(5)12)18(15,16)8-1-2-17-10(8)14/h3-4,8H,1-2H2. The highest BCUT2D eigenvalue weighted by Crippen LogP contribution is 2.26. The van der Waals surface area contributed by atoms with Crippen LogP contribution in [0.5, 0.6) is 0 Å². The van der Waals surface area contributed by atoms with Crippen LogP contribution in [0.25, 0.3) is 0 Å². The third-order valence-corrected chi connectivity index (χ3v) is 4.65. The second-order valence-corrected chi connectivity index (χ2v) is 5.79. The third kappa shape index (κ3) is 1.96. The SMILES string of the molecule is O=C1OCCC1S(=O)(=O)c1cc(F)c(F)cc1F. The van der Waals surface area contributed by atoms with E-state index >= 15 is 0 Å². The van der Waals surface area contributed by atoms with Gasteiger partial charge in [0.15, 0.2) is 26.7 Å². The van der Waals surface area contributed by atoms with E-state index in [0.717, 1.165) is 0 Å². The van der Waals surface area contributed by atoms with E-state index in [1.165, 1.54) is 0 Å². The Hall–Kier alpha value is -1.57. The fraction of sp³-hybridized carbons (Fsp3) is 0.300. The van der Waals surface area contributed by atoms with Gasteiger partial charge in [-0.2, -0.15) is 0 Å². The summed E-state index contributed by atoms with van der Waals surface area (Å²) in [5.41, 5.74) is 0. The Morgan fingerprint density at radius 2 is 1.72 bits per heavy atom. The van der Waals surface area contributed by atoms with Crippen LogP contribution in [-0.4, -0.2) is 26.2 Å². The fourth-order valence-electron chi connectivity index (χ4n) is 1.63. The molecule has 1 aromatic rings. The van der Waals surface area contributed by atoms with Gasteiger partial charge in [-0.3, -0.25) is 4.79 Å². The monoisotopic (exact) mass is 280 g/mol. The summed E-state index contributed by atoms with van der Waals surface area (Å²) in [4.78, 5) is 10.1. The molecule has 0 bridgehead atoms. The minimum atomic E-state index is -4.41. The molecule has 4 nitrogen and oxygen atoms in total. The Balaban J connectivity index is 2.54. The van der Waals surface area contributed by atoms with Gasteiger partial charge in [-0.1, -0.05) is 0 Å². The van der Waals surface area contributed by atoms with Crippen LogP contribution in [-0.2, 0) is 19.4 Å². The Labute approximate surface area is 100 Å². The zero-order valence-corrected chi connectivity index (χ0v) is 9.64. The number of rotatable bonds is 2.